The van der Waals surface area contributed by atoms with Crippen molar-refractivity contribution in [1.29, 1.82) is 0 Å². The highest BCUT2D eigenvalue weighted by Crippen LogP contribution is 2.30. The number of carbonyl (C=O) groups is 1. The molecule has 1 aromatic rings. The van der Waals surface area contributed by atoms with Crippen LogP contribution in [0.15, 0.2) is 12.1 Å². The minimum atomic E-state index is -2.63. The van der Waals surface area contributed by atoms with Gasteiger partial charge in [0.25, 0.3) is 6.43 Å². The SMILES string of the molecule is Cc1ccc(N)c(C(=O)OC(C)C)c1OCC(F)F. The van der Waals surface area contributed by atoms with Crippen molar-refractivity contribution in [3.05, 3.63) is 23.3 Å². The molecule has 0 radical (unpaired) electrons. The normalized spacial score (nSPS) is 10.9. The number of anilines is 1. The standard InChI is InChI=1S/C13H17F2NO3/c1-7(2)19-13(17)11-9(16)5-4-8(3)12(11)18-6-10(14)15/h4-5,7,10H,6,16H2,1-3H3. The molecule has 0 bridgehead atoms. The van der Waals surface area contributed by atoms with Gasteiger partial charge >= 0.3 is 5.97 Å². The van der Waals surface area contributed by atoms with E-state index in [1.807, 2.05) is 0 Å². The lowest BCUT2D eigenvalue weighted by atomic mass is 10.1. The number of ether oxygens (including phenoxy) is 2. The summed E-state index contributed by atoms with van der Waals surface area (Å²) in [6, 6.07) is 3.11. The fourth-order valence-corrected chi connectivity index (χ4v) is 1.52. The zero-order chi connectivity index (χ0) is 14.6. The Hall–Kier alpha value is -1.85. The summed E-state index contributed by atoms with van der Waals surface area (Å²) < 4.78 is 34.5. The molecular weight excluding hydrogens is 256 g/mol. The second-order valence-electron chi connectivity index (χ2n) is 4.33. The molecule has 0 aliphatic rings. The number of halogens is 2. The molecule has 0 aliphatic heterocycles. The summed E-state index contributed by atoms with van der Waals surface area (Å²) in [5.74, 6) is -0.633. The molecule has 0 unspecified atom stereocenters. The average Bonchev–Trinajstić information content (AvgIpc) is 2.28. The maximum atomic E-state index is 12.2. The van der Waals surface area contributed by atoms with Crippen LogP contribution in [0.4, 0.5) is 14.5 Å². The molecule has 0 fully saturated rings. The zero-order valence-electron chi connectivity index (χ0n) is 11.1. The van der Waals surface area contributed by atoms with Gasteiger partial charge in [-0.1, -0.05) is 6.07 Å². The van der Waals surface area contributed by atoms with Crippen LogP contribution in [0.2, 0.25) is 0 Å². The van der Waals surface area contributed by atoms with Gasteiger partial charge in [0.2, 0.25) is 0 Å². The first kappa shape index (κ1) is 15.2. The topological polar surface area (TPSA) is 61.6 Å². The molecule has 0 heterocycles. The molecule has 6 heteroatoms. The van der Waals surface area contributed by atoms with Gasteiger partial charge in [-0.3, -0.25) is 0 Å². The van der Waals surface area contributed by atoms with Crippen molar-refractivity contribution < 1.29 is 23.0 Å². The number of rotatable bonds is 5. The van der Waals surface area contributed by atoms with E-state index in [1.54, 1.807) is 26.8 Å². The summed E-state index contributed by atoms with van der Waals surface area (Å²) in [7, 11) is 0. The molecule has 1 aromatic carbocycles. The number of hydrogen-bond acceptors (Lipinski definition) is 4. The Morgan fingerprint density at radius 1 is 1.37 bits per heavy atom. The molecular formula is C13H17F2NO3. The van der Waals surface area contributed by atoms with E-state index in [9.17, 15) is 13.6 Å². The van der Waals surface area contributed by atoms with E-state index in [4.69, 9.17) is 15.2 Å². The van der Waals surface area contributed by atoms with Gasteiger partial charge in [0.05, 0.1) is 6.10 Å². The number of aryl methyl sites for hydroxylation is 1. The van der Waals surface area contributed by atoms with Crippen molar-refractivity contribution in [3.63, 3.8) is 0 Å². The molecule has 0 saturated heterocycles. The average molecular weight is 273 g/mol. The minimum absolute atomic E-state index is 0.00523. The summed E-state index contributed by atoms with van der Waals surface area (Å²) in [5, 5.41) is 0. The highest BCUT2D eigenvalue weighted by atomic mass is 19.3. The van der Waals surface area contributed by atoms with E-state index in [0.717, 1.165) is 0 Å². The number of hydrogen-bond donors (Lipinski definition) is 1. The van der Waals surface area contributed by atoms with Crippen LogP contribution < -0.4 is 10.5 Å². The summed E-state index contributed by atoms with van der Waals surface area (Å²) in [4.78, 5) is 11.9. The summed E-state index contributed by atoms with van der Waals surface area (Å²) >= 11 is 0. The summed E-state index contributed by atoms with van der Waals surface area (Å²) in [6.07, 6.45) is -2.97. The Kier molecular flexibility index (Phi) is 5.09. The van der Waals surface area contributed by atoms with Crippen LogP contribution in [-0.2, 0) is 4.74 Å². The fraction of sp³-hybridized carbons (Fsp3) is 0.462. The van der Waals surface area contributed by atoms with E-state index in [0.29, 0.717) is 5.56 Å². The van der Waals surface area contributed by atoms with Crippen LogP contribution in [0.5, 0.6) is 5.75 Å². The van der Waals surface area contributed by atoms with Gasteiger partial charge in [-0.25, -0.2) is 13.6 Å². The molecule has 4 nitrogen and oxygen atoms in total. The first-order valence-corrected chi connectivity index (χ1v) is 5.84. The number of benzene rings is 1. The maximum Gasteiger partial charge on any atom is 0.344 e. The van der Waals surface area contributed by atoms with Crippen molar-refractivity contribution in [2.45, 2.75) is 33.3 Å². The lowest BCUT2D eigenvalue weighted by Gasteiger charge is -2.16. The first-order valence-electron chi connectivity index (χ1n) is 5.84. The Bertz CT molecular complexity index is 461. The van der Waals surface area contributed by atoms with Crippen LogP contribution in [0.25, 0.3) is 0 Å². The Morgan fingerprint density at radius 2 is 2.00 bits per heavy atom. The van der Waals surface area contributed by atoms with Crippen LogP contribution in [0.3, 0.4) is 0 Å². The van der Waals surface area contributed by atoms with E-state index >= 15 is 0 Å². The van der Waals surface area contributed by atoms with Gasteiger partial charge in [-0.2, -0.15) is 0 Å². The Labute approximate surface area is 110 Å². The number of nitrogens with two attached hydrogens (primary N) is 1. The van der Waals surface area contributed by atoms with Crippen molar-refractivity contribution in [2.24, 2.45) is 0 Å². The molecule has 1 rings (SSSR count). The van der Waals surface area contributed by atoms with Gasteiger partial charge < -0.3 is 15.2 Å². The lowest BCUT2D eigenvalue weighted by Crippen LogP contribution is -2.17. The molecule has 0 aromatic heterocycles. The molecule has 2 N–H and O–H groups in total. The number of nitrogen functional groups attached to an aromatic ring is 1. The number of carbonyl (C=O) groups excluding carboxylic acids is 1. The van der Waals surface area contributed by atoms with E-state index in [1.165, 1.54) is 6.07 Å². The predicted octanol–water partition coefficient (Wildman–Crippen LogP) is 2.79. The molecule has 0 saturated carbocycles. The molecule has 0 spiro atoms. The monoisotopic (exact) mass is 273 g/mol. The second kappa shape index (κ2) is 6.36. The van der Waals surface area contributed by atoms with Crippen molar-refractivity contribution in [2.75, 3.05) is 12.3 Å². The van der Waals surface area contributed by atoms with Gasteiger partial charge in [0.15, 0.2) is 0 Å². The highest BCUT2D eigenvalue weighted by Gasteiger charge is 2.21. The Balaban J connectivity index is 3.12. The summed E-state index contributed by atoms with van der Waals surface area (Å²) in [6.45, 7) is 4.21. The van der Waals surface area contributed by atoms with Crippen LogP contribution in [0.1, 0.15) is 29.8 Å². The minimum Gasteiger partial charge on any atom is -0.486 e. The van der Waals surface area contributed by atoms with Crippen LogP contribution in [-0.4, -0.2) is 25.1 Å². The molecule has 106 valence electrons. The molecule has 19 heavy (non-hydrogen) atoms. The van der Waals surface area contributed by atoms with Crippen molar-refractivity contribution >= 4 is 11.7 Å². The van der Waals surface area contributed by atoms with E-state index < -0.39 is 19.0 Å². The van der Waals surface area contributed by atoms with Crippen molar-refractivity contribution in [3.8, 4) is 5.75 Å². The lowest BCUT2D eigenvalue weighted by molar-refractivity contribution is 0.0366. The molecule has 0 amide bonds. The predicted molar refractivity (Wildman–Crippen MR) is 67.6 cm³/mol. The van der Waals surface area contributed by atoms with E-state index in [2.05, 4.69) is 0 Å². The summed E-state index contributed by atoms with van der Waals surface area (Å²) in [5.41, 5.74) is 6.39. The van der Waals surface area contributed by atoms with Crippen LogP contribution >= 0.6 is 0 Å². The van der Waals surface area contributed by atoms with Crippen molar-refractivity contribution in [1.82, 2.24) is 0 Å². The first-order chi connectivity index (χ1) is 8.82. The quantitative estimate of drug-likeness (QED) is 0.662. The smallest absolute Gasteiger partial charge is 0.344 e. The van der Waals surface area contributed by atoms with Crippen LogP contribution in [0, 0.1) is 6.92 Å². The molecule has 0 atom stereocenters. The molecule has 0 aliphatic carbocycles. The highest BCUT2D eigenvalue weighted by molar-refractivity contribution is 5.98. The van der Waals surface area contributed by atoms with Gasteiger partial charge in [-0.15, -0.1) is 0 Å². The van der Waals surface area contributed by atoms with Gasteiger partial charge in [-0.05, 0) is 32.4 Å². The fourth-order valence-electron chi connectivity index (χ4n) is 1.52. The third-order valence-electron chi connectivity index (χ3n) is 2.29. The second-order valence-corrected chi connectivity index (χ2v) is 4.33. The Morgan fingerprint density at radius 3 is 2.53 bits per heavy atom. The largest absolute Gasteiger partial charge is 0.486 e. The number of alkyl halides is 2. The maximum absolute atomic E-state index is 12.2. The zero-order valence-corrected chi connectivity index (χ0v) is 11.1. The van der Waals surface area contributed by atoms with Gasteiger partial charge in [0, 0.05) is 5.69 Å². The third-order valence-corrected chi connectivity index (χ3v) is 2.29. The van der Waals surface area contributed by atoms with Gasteiger partial charge in [0.1, 0.15) is 17.9 Å². The van der Waals surface area contributed by atoms with E-state index in [-0.39, 0.29) is 23.1 Å². The number of esters is 1. The third kappa shape index (κ3) is 4.08.